The molecule has 0 spiro atoms. The second-order valence-corrected chi connectivity index (χ2v) is 6.59. The number of hydrogen-bond acceptors (Lipinski definition) is 5. The topological polar surface area (TPSA) is 59.1 Å². The van der Waals surface area contributed by atoms with E-state index >= 15 is 0 Å². The molecule has 1 heterocycles. The van der Waals surface area contributed by atoms with Gasteiger partial charge in [0.1, 0.15) is 11.6 Å². The average Bonchev–Trinajstić information content (AvgIpc) is 2.67. The molecule has 0 aliphatic heterocycles. The zero-order valence-corrected chi connectivity index (χ0v) is 16.1. The Hall–Kier alpha value is -3.08. The lowest BCUT2D eigenvalue weighted by Gasteiger charge is -2.10. The van der Waals surface area contributed by atoms with E-state index in [-0.39, 0.29) is 0 Å². The van der Waals surface area contributed by atoms with Crippen molar-refractivity contribution in [2.24, 2.45) is 0 Å². The van der Waals surface area contributed by atoms with Gasteiger partial charge in [0.25, 0.3) is 0 Å². The molecule has 2 aromatic carbocycles. The Morgan fingerprint density at radius 1 is 0.889 bits per heavy atom. The molecule has 0 aliphatic rings. The van der Waals surface area contributed by atoms with Crippen LogP contribution < -0.4 is 15.4 Å². The summed E-state index contributed by atoms with van der Waals surface area (Å²) in [7, 11) is 1.69. The van der Waals surface area contributed by atoms with Crippen molar-refractivity contribution in [3.05, 3.63) is 77.0 Å². The Kier molecular flexibility index (Phi) is 6.26. The molecule has 0 aliphatic carbocycles. The van der Waals surface area contributed by atoms with Crippen LogP contribution in [-0.4, -0.2) is 23.6 Å². The van der Waals surface area contributed by atoms with Crippen LogP contribution >= 0.6 is 0 Å². The predicted octanol–water partition coefficient (Wildman–Crippen LogP) is 4.37. The molecule has 5 heteroatoms. The average molecular weight is 362 g/mol. The molecule has 140 valence electrons. The van der Waals surface area contributed by atoms with Gasteiger partial charge in [0.05, 0.1) is 7.11 Å². The fourth-order valence-corrected chi connectivity index (χ4v) is 2.79. The lowest BCUT2D eigenvalue weighted by atomic mass is 10.1. The van der Waals surface area contributed by atoms with Gasteiger partial charge in [-0.3, -0.25) is 0 Å². The number of nitrogens with one attached hydrogen (secondary N) is 2. The van der Waals surface area contributed by atoms with Crippen LogP contribution in [0.4, 0.5) is 11.8 Å². The van der Waals surface area contributed by atoms with Crippen LogP contribution in [-0.2, 0) is 13.0 Å². The first-order chi connectivity index (χ1) is 13.1. The fourth-order valence-electron chi connectivity index (χ4n) is 2.79. The lowest BCUT2D eigenvalue weighted by molar-refractivity contribution is 0.414. The second-order valence-electron chi connectivity index (χ2n) is 6.59. The normalized spacial score (nSPS) is 10.5. The standard InChI is InChI=1S/C22H26N4O/c1-16-7-9-19(10-8-16)15-24-22-25-17(2)13-21(26-22)23-12-11-18-5-4-6-20(14-18)27-3/h4-10,13-14H,11-12,15H2,1-3H3,(H2,23,24,25,26). The highest BCUT2D eigenvalue weighted by Gasteiger charge is 2.03. The fraction of sp³-hybridized carbons (Fsp3) is 0.273. The van der Waals surface area contributed by atoms with Crippen molar-refractivity contribution in [3.8, 4) is 5.75 Å². The van der Waals surface area contributed by atoms with E-state index in [1.807, 2.05) is 25.1 Å². The molecule has 0 unspecified atom stereocenters. The van der Waals surface area contributed by atoms with Crippen LogP contribution in [0, 0.1) is 13.8 Å². The highest BCUT2D eigenvalue weighted by Crippen LogP contribution is 2.14. The highest BCUT2D eigenvalue weighted by atomic mass is 16.5. The highest BCUT2D eigenvalue weighted by molar-refractivity contribution is 5.43. The van der Waals surface area contributed by atoms with Crippen molar-refractivity contribution in [1.29, 1.82) is 0 Å². The number of ether oxygens (including phenoxy) is 1. The van der Waals surface area contributed by atoms with Crippen molar-refractivity contribution in [1.82, 2.24) is 9.97 Å². The summed E-state index contributed by atoms with van der Waals surface area (Å²) in [6.07, 6.45) is 0.895. The summed E-state index contributed by atoms with van der Waals surface area (Å²) in [6, 6.07) is 18.5. The van der Waals surface area contributed by atoms with Crippen LogP contribution in [0.5, 0.6) is 5.75 Å². The number of benzene rings is 2. The molecule has 1 aromatic heterocycles. The Bertz CT molecular complexity index is 878. The summed E-state index contributed by atoms with van der Waals surface area (Å²) in [5.41, 5.74) is 4.62. The Morgan fingerprint density at radius 3 is 2.48 bits per heavy atom. The quantitative estimate of drug-likeness (QED) is 0.623. The minimum atomic E-state index is 0.638. The Labute approximate surface area is 160 Å². The number of nitrogens with zero attached hydrogens (tertiary/aromatic N) is 2. The molecule has 0 saturated carbocycles. The summed E-state index contributed by atoms with van der Waals surface area (Å²) >= 11 is 0. The molecule has 0 bridgehead atoms. The molecule has 3 aromatic rings. The van der Waals surface area contributed by atoms with E-state index in [1.165, 1.54) is 16.7 Å². The van der Waals surface area contributed by atoms with Crippen LogP contribution in [0.15, 0.2) is 54.6 Å². The van der Waals surface area contributed by atoms with Crippen LogP contribution in [0.2, 0.25) is 0 Å². The van der Waals surface area contributed by atoms with Gasteiger partial charge < -0.3 is 15.4 Å². The third-order valence-corrected chi connectivity index (χ3v) is 4.28. The van der Waals surface area contributed by atoms with Crippen molar-refractivity contribution in [2.75, 3.05) is 24.3 Å². The number of anilines is 2. The Balaban J connectivity index is 1.56. The van der Waals surface area contributed by atoms with Gasteiger partial charge in [-0.1, -0.05) is 42.0 Å². The van der Waals surface area contributed by atoms with Gasteiger partial charge in [0.15, 0.2) is 0 Å². The summed E-state index contributed by atoms with van der Waals surface area (Å²) in [5.74, 6) is 2.35. The maximum absolute atomic E-state index is 5.27. The third kappa shape index (κ3) is 5.71. The molecule has 0 saturated heterocycles. The number of rotatable bonds is 8. The first-order valence-corrected chi connectivity index (χ1v) is 9.14. The molecule has 2 N–H and O–H groups in total. The van der Waals surface area contributed by atoms with Crippen molar-refractivity contribution in [2.45, 2.75) is 26.8 Å². The van der Waals surface area contributed by atoms with E-state index < -0.39 is 0 Å². The van der Waals surface area contributed by atoms with E-state index in [0.29, 0.717) is 12.5 Å². The minimum Gasteiger partial charge on any atom is -0.497 e. The second kappa shape index (κ2) is 9.03. The van der Waals surface area contributed by atoms with Gasteiger partial charge in [-0.15, -0.1) is 0 Å². The van der Waals surface area contributed by atoms with Gasteiger partial charge >= 0.3 is 0 Å². The van der Waals surface area contributed by atoms with Gasteiger partial charge in [-0.2, -0.15) is 4.98 Å². The molecular formula is C22H26N4O. The van der Waals surface area contributed by atoms with Crippen LogP contribution in [0.25, 0.3) is 0 Å². The van der Waals surface area contributed by atoms with Crippen molar-refractivity contribution < 1.29 is 4.74 Å². The van der Waals surface area contributed by atoms with E-state index in [4.69, 9.17) is 4.74 Å². The predicted molar refractivity (Wildman–Crippen MR) is 110 cm³/mol. The number of methoxy groups -OCH3 is 1. The first kappa shape index (κ1) is 18.7. The summed E-state index contributed by atoms with van der Waals surface area (Å²) < 4.78 is 5.27. The van der Waals surface area contributed by atoms with Gasteiger partial charge in [0, 0.05) is 24.8 Å². The van der Waals surface area contributed by atoms with Crippen molar-refractivity contribution >= 4 is 11.8 Å². The molecule has 0 fully saturated rings. The maximum Gasteiger partial charge on any atom is 0.225 e. The number of aromatic nitrogens is 2. The lowest BCUT2D eigenvalue weighted by Crippen LogP contribution is -2.10. The smallest absolute Gasteiger partial charge is 0.225 e. The summed E-state index contributed by atoms with van der Waals surface area (Å²) in [6.45, 7) is 5.56. The first-order valence-electron chi connectivity index (χ1n) is 9.14. The number of aryl methyl sites for hydroxylation is 2. The third-order valence-electron chi connectivity index (χ3n) is 4.28. The van der Waals surface area contributed by atoms with E-state index in [0.717, 1.165) is 30.2 Å². The number of hydrogen-bond donors (Lipinski definition) is 2. The summed E-state index contributed by atoms with van der Waals surface area (Å²) in [4.78, 5) is 9.05. The zero-order valence-electron chi connectivity index (χ0n) is 16.1. The van der Waals surface area contributed by atoms with E-state index in [2.05, 4.69) is 63.9 Å². The molecule has 0 amide bonds. The van der Waals surface area contributed by atoms with E-state index in [1.54, 1.807) is 7.11 Å². The van der Waals surface area contributed by atoms with Gasteiger partial charge in [-0.25, -0.2) is 4.98 Å². The SMILES string of the molecule is COc1cccc(CCNc2cc(C)nc(NCc3ccc(C)cc3)n2)c1. The zero-order chi connectivity index (χ0) is 19.1. The van der Waals surface area contributed by atoms with Gasteiger partial charge in [0.2, 0.25) is 5.95 Å². The minimum absolute atomic E-state index is 0.638. The molecule has 0 radical (unpaired) electrons. The van der Waals surface area contributed by atoms with Crippen molar-refractivity contribution in [3.63, 3.8) is 0 Å². The molecule has 3 rings (SSSR count). The molecular weight excluding hydrogens is 336 g/mol. The monoisotopic (exact) mass is 362 g/mol. The molecule has 5 nitrogen and oxygen atoms in total. The Morgan fingerprint density at radius 2 is 1.70 bits per heavy atom. The summed E-state index contributed by atoms with van der Waals surface area (Å²) in [5, 5.41) is 6.69. The molecule has 27 heavy (non-hydrogen) atoms. The largest absolute Gasteiger partial charge is 0.497 e. The van der Waals surface area contributed by atoms with Gasteiger partial charge in [-0.05, 0) is 43.5 Å². The van der Waals surface area contributed by atoms with Crippen LogP contribution in [0.3, 0.4) is 0 Å². The van der Waals surface area contributed by atoms with Crippen LogP contribution in [0.1, 0.15) is 22.4 Å². The maximum atomic E-state index is 5.27. The van der Waals surface area contributed by atoms with E-state index in [9.17, 15) is 0 Å². The molecule has 0 atom stereocenters.